The average molecular weight is 289 g/mol. The number of primary amides is 1. The van der Waals surface area contributed by atoms with Crippen LogP contribution in [-0.4, -0.2) is 15.7 Å². The third-order valence-corrected chi connectivity index (χ3v) is 3.21. The molecule has 1 amide bonds. The Labute approximate surface area is 99.1 Å². The third-order valence-electron chi connectivity index (χ3n) is 1.93. The van der Waals surface area contributed by atoms with Crippen LogP contribution >= 0.6 is 27.5 Å². The van der Waals surface area contributed by atoms with E-state index in [0.717, 1.165) is 9.86 Å². The molecule has 0 aliphatic rings. The molecule has 6 heteroatoms. The first-order valence-corrected chi connectivity index (χ1v) is 5.34. The van der Waals surface area contributed by atoms with Gasteiger partial charge < -0.3 is 5.73 Å². The molecule has 0 aliphatic carbocycles. The highest BCUT2D eigenvalue weighted by molar-refractivity contribution is 9.10. The Morgan fingerprint density at radius 2 is 2.33 bits per heavy atom. The van der Waals surface area contributed by atoms with Gasteiger partial charge in [0.05, 0.1) is 5.02 Å². The second-order valence-electron chi connectivity index (χ2n) is 3.09. The highest BCUT2D eigenvalue weighted by Gasteiger charge is 2.08. The quantitative estimate of drug-likeness (QED) is 0.918. The number of benzene rings is 1. The van der Waals surface area contributed by atoms with E-state index in [9.17, 15) is 4.79 Å². The van der Waals surface area contributed by atoms with Crippen molar-refractivity contribution in [2.45, 2.75) is 6.54 Å². The Morgan fingerprint density at radius 1 is 1.60 bits per heavy atom. The lowest BCUT2D eigenvalue weighted by atomic mass is 10.3. The summed E-state index contributed by atoms with van der Waals surface area (Å²) in [6.07, 6.45) is 1.73. The summed E-state index contributed by atoms with van der Waals surface area (Å²) in [5, 5.41) is 5.58. The van der Waals surface area contributed by atoms with E-state index in [1.807, 2.05) is 12.1 Å². The number of halogens is 2. The van der Waals surface area contributed by atoms with Gasteiger partial charge >= 0.3 is 0 Å². The topological polar surface area (TPSA) is 60.9 Å². The van der Waals surface area contributed by atoms with Crippen LogP contribution in [0.25, 0.3) is 10.9 Å². The predicted molar refractivity (Wildman–Crippen MR) is 61.6 cm³/mol. The highest BCUT2D eigenvalue weighted by atomic mass is 79.9. The first kappa shape index (κ1) is 10.4. The van der Waals surface area contributed by atoms with Crippen LogP contribution < -0.4 is 5.73 Å². The molecule has 2 N–H and O–H groups in total. The Kier molecular flexibility index (Phi) is 2.67. The number of fused-ring (bicyclic) bond motifs is 1. The summed E-state index contributed by atoms with van der Waals surface area (Å²) in [5.41, 5.74) is 5.73. The molecule has 0 unspecified atom stereocenters. The fourth-order valence-electron chi connectivity index (χ4n) is 1.32. The number of amides is 1. The number of aromatic nitrogens is 2. The fraction of sp³-hybridized carbons (Fsp3) is 0.111. The minimum atomic E-state index is -0.432. The molecule has 0 radical (unpaired) electrons. The normalized spacial score (nSPS) is 10.8. The van der Waals surface area contributed by atoms with E-state index in [2.05, 4.69) is 21.0 Å². The first-order valence-electron chi connectivity index (χ1n) is 4.17. The van der Waals surface area contributed by atoms with Gasteiger partial charge in [-0.3, -0.25) is 9.48 Å². The minimum absolute atomic E-state index is 0.0582. The average Bonchev–Trinajstić information content (AvgIpc) is 2.54. The summed E-state index contributed by atoms with van der Waals surface area (Å²) in [6, 6.07) is 3.71. The molecule has 0 spiro atoms. The van der Waals surface area contributed by atoms with Crippen molar-refractivity contribution in [3.8, 4) is 0 Å². The van der Waals surface area contributed by atoms with Crippen LogP contribution in [0.15, 0.2) is 22.8 Å². The van der Waals surface area contributed by atoms with Crippen LogP contribution in [0.5, 0.6) is 0 Å². The zero-order chi connectivity index (χ0) is 11.0. The molecule has 2 aromatic rings. The van der Waals surface area contributed by atoms with Crippen LogP contribution in [-0.2, 0) is 11.3 Å². The summed E-state index contributed by atoms with van der Waals surface area (Å²) in [6.45, 7) is 0.0582. The third kappa shape index (κ3) is 1.98. The number of carbonyl (C=O) groups excluding carboxylic acids is 1. The number of nitrogens with zero attached hydrogens (tertiary/aromatic N) is 2. The lowest BCUT2D eigenvalue weighted by Gasteiger charge is -1.95. The number of nitrogens with two attached hydrogens (primary N) is 1. The molecule has 2 rings (SSSR count). The summed E-state index contributed by atoms with van der Waals surface area (Å²) in [5.74, 6) is -0.432. The van der Waals surface area contributed by atoms with Crippen molar-refractivity contribution in [3.63, 3.8) is 0 Å². The van der Waals surface area contributed by atoms with Crippen molar-refractivity contribution in [3.05, 3.63) is 27.8 Å². The molecule has 1 aromatic carbocycles. The molecule has 0 saturated carbocycles. The van der Waals surface area contributed by atoms with Crippen LogP contribution in [0.3, 0.4) is 0 Å². The van der Waals surface area contributed by atoms with Crippen LogP contribution in [0.2, 0.25) is 5.02 Å². The van der Waals surface area contributed by atoms with Gasteiger partial charge in [-0.05, 0) is 28.1 Å². The maximum Gasteiger partial charge on any atom is 0.239 e. The van der Waals surface area contributed by atoms with E-state index in [0.29, 0.717) is 10.5 Å². The van der Waals surface area contributed by atoms with Crippen molar-refractivity contribution in [1.29, 1.82) is 0 Å². The van der Waals surface area contributed by atoms with E-state index in [1.165, 1.54) is 4.68 Å². The molecule has 4 nitrogen and oxygen atoms in total. The van der Waals surface area contributed by atoms with E-state index in [1.54, 1.807) is 6.20 Å². The molecular weight excluding hydrogens is 281 g/mol. The summed E-state index contributed by atoms with van der Waals surface area (Å²) in [4.78, 5) is 10.7. The van der Waals surface area contributed by atoms with Gasteiger partial charge in [0.15, 0.2) is 0 Å². The van der Waals surface area contributed by atoms with Gasteiger partial charge in [0.25, 0.3) is 0 Å². The molecule has 15 heavy (non-hydrogen) atoms. The van der Waals surface area contributed by atoms with E-state index < -0.39 is 5.91 Å². The summed E-state index contributed by atoms with van der Waals surface area (Å²) >= 11 is 9.34. The van der Waals surface area contributed by atoms with Gasteiger partial charge in [0.2, 0.25) is 5.91 Å². The SMILES string of the molecule is NC(=O)Cn1cc2ccc(Br)c(Cl)c2n1. The molecule has 0 saturated heterocycles. The fourth-order valence-corrected chi connectivity index (χ4v) is 1.85. The standard InChI is InChI=1S/C9H7BrClN3O/c10-6-2-1-5-3-14(4-7(12)15)13-9(5)8(6)11/h1-3H,4H2,(H2,12,15). The van der Waals surface area contributed by atoms with Gasteiger partial charge in [-0.1, -0.05) is 11.6 Å². The summed E-state index contributed by atoms with van der Waals surface area (Å²) < 4.78 is 2.26. The van der Waals surface area contributed by atoms with Crippen molar-refractivity contribution < 1.29 is 4.79 Å². The van der Waals surface area contributed by atoms with Gasteiger partial charge in [-0.15, -0.1) is 0 Å². The number of carbonyl (C=O) groups is 1. The Balaban J connectivity index is 2.56. The lowest BCUT2D eigenvalue weighted by molar-refractivity contribution is -0.118. The highest BCUT2D eigenvalue weighted by Crippen LogP contribution is 2.29. The van der Waals surface area contributed by atoms with Crippen LogP contribution in [0, 0.1) is 0 Å². The van der Waals surface area contributed by atoms with Gasteiger partial charge in [-0.2, -0.15) is 5.10 Å². The maximum atomic E-state index is 10.7. The van der Waals surface area contributed by atoms with Gasteiger partial charge in [0.1, 0.15) is 12.1 Å². The first-order chi connectivity index (χ1) is 7.08. The number of rotatable bonds is 2. The Bertz CT molecular complexity index is 537. The molecule has 0 aliphatic heterocycles. The van der Waals surface area contributed by atoms with Crippen molar-refractivity contribution in [2.24, 2.45) is 5.73 Å². The van der Waals surface area contributed by atoms with E-state index in [4.69, 9.17) is 17.3 Å². The second-order valence-corrected chi connectivity index (χ2v) is 4.32. The molecule has 0 bridgehead atoms. The smallest absolute Gasteiger partial charge is 0.239 e. The van der Waals surface area contributed by atoms with Crippen LogP contribution in [0.4, 0.5) is 0 Å². The molecule has 1 heterocycles. The second kappa shape index (κ2) is 3.83. The van der Waals surface area contributed by atoms with Crippen LogP contribution in [0.1, 0.15) is 0 Å². The largest absolute Gasteiger partial charge is 0.368 e. The molecule has 0 fully saturated rings. The van der Waals surface area contributed by atoms with E-state index in [-0.39, 0.29) is 6.54 Å². The Morgan fingerprint density at radius 3 is 3.00 bits per heavy atom. The van der Waals surface area contributed by atoms with Gasteiger partial charge in [0, 0.05) is 16.1 Å². The monoisotopic (exact) mass is 287 g/mol. The minimum Gasteiger partial charge on any atom is -0.368 e. The predicted octanol–water partition coefficient (Wildman–Crippen LogP) is 1.94. The number of hydrogen-bond acceptors (Lipinski definition) is 2. The van der Waals surface area contributed by atoms with Crippen molar-refractivity contribution >= 4 is 44.3 Å². The maximum absolute atomic E-state index is 10.7. The zero-order valence-corrected chi connectivity index (χ0v) is 9.92. The number of hydrogen-bond donors (Lipinski definition) is 1. The molecule has 1 aromatic heterocycles. The van der Waals surface area contributed by atoms with Crippen molar-refractivity contribution in [2.75, 3.05) is 0 Å². The molecular formula is C9H7BrClN3O. The Hall–Kier alpha value is -1.07. The molecule has 0 atom stereocenters. The van der Waals surface area contributed by atoms with E-state index >= 15 is 0 Å². The lowest BCUT2D eigenvalue weighted by Crippen LogP contribution is -2.18. The molecule has 78 valence electrons. The zero-order valence-electron chi connectivity index (χ0n) is 7.58. The van der Waals surface area contributed by atoms with Gasteiger partial charge in [-0.25, -0.2) is 0 Å². The van der Waals surface area contributed by atoms with Crippen molar-refractivity contribution in [1.82, 2.24) is 9.78 Å². The summed E-state index contributed by atoms with van der Waals surface area (Å²) in [7, 11) is 0.